The van der Waals surface area contributed by atoms with Crippen molar-refractivity contribution in [3.63, 3.8) is 0 Å². The standard InChI is InChI=1S/C26H25ClN4O3/c1-33-22-7-18-17-4-2-3-5-20(17)34-21(18)8-19(22)29-23(32)25-9-15-6-16(10-25)12-26(11-15,13-25)31-14-28-24(27)30-31/h2-5,7-8,14-16H,6,9-13H2,1H3,(H,29,32). The van der Waals surface area contributed by atoms with Gasteiger partial charge in [-0.2, -0.15) is 0 Å². The zero-order chi connectivity index (χ0) is 23.1. The first-order valence-electron chi connectivity index (χ1n) is 11.9. The van der Waals surface area contributed by atoms with Crippen LogP contribution in [0.15, 0.2) is 47.1 Å². The molecule has 2 unspecified atom stereocenters. The molecular weight excluding hydrogens is 452 g/mol. The van der Waals surface area contributed by atoms with Gasteiger partial charge in [-0.1, -0.05) is 18.2 Å². The number of benzene rings is 2. The fourth-order valence-electron chi connectivity index (χ4n) is 7.49. The molecule has 7 nitrogen and oxygen atoms in total. The predicted molar refractivity (Wildman–Crippen MR) is 129 cm³/mol. The second kappa shape index (κ2) is 6.98. The molecule has 0 aliphatic heterocycles. The molecule has 2 heterocycles. The van der Waals surface area contributed by atoms with Crippen molar-refractivity contribution in [2.45, 2.75) is 44.1 Å². The SMILES string of the molecule is COc1cc2c(cc1NC(=O)C13CC4CC(C1)CC(n1cnc(Cl)n1)(C4)C3)oc1ccccc12. The summed E-state index contributed by atoms with van der Waals surface area (Å²) in [5, 5.41) is 9.97. The fourth-order valence-corrected chi connectivity index (χ4v) is 7.62. The van der Waals surface area contributed by atoms with Crippen LogP contribution in [0.1, 0.15) is 38.5 Å². The summed E-state index contributed by atoms with van der Waals surface area (Å²) in [4.78, 5) is 18.1. The number of ether oxygens (including phenoxy) is 1. The molecule has 4 bridgehead atoms. The average Bonchev–Trinajstić information content (AvgIpc) is 3.41. The van der Waals surface area contributed by atoms with Crippen molar-refractivity contribution < 1.29 is 13.9 Å². The quantitative estimate of drug-likeness (QED) is 0.404. The lowest BCUT2D eigenvalue weighted by molar-refractivity contribution is -0.150. The lowest BCUT2D eigenvalue weighted by Crippen LogP contribution is -2.60. The summed E-state index contributed by atoms with van der Waals surface area (Å²) in [7, 11) is 1.63. The monoisotopic (exact) mass is 476 g/mol. The smallest absolute Gasteiger partial charge is 0.242 e. The fraction of sp³-hybridized carbons (Fsp3) is 0.423. The molecule has 2 aromatic heterocycles. The number of para-hydroxylation sites is 1. The van der Waals surface area contributed by atoms with E-state index < -0.39 is 5.41 Å². The van der Waals surface area contributed by atoms with Gasteiger partial charge in [-0.05, 0) is 74.1 Å². The van der Waals surface area contributed by atoms with Crippen molar-refractivity contribution in [3.8, 4) is 5.75 Å². The molecule has 2 aromatic carbocycles. The Morgan fingerprint density at radius 2 is 1.94 bits per heavy atom. The number of nitrogens with one attached hydrogen (secondary N) is 1. The normalized spacial score (nSPS) is 29.7. The van der Waals surface area contributed by atoms with Gasteiger partial charge in [0.2, 0.25) is 11.2 Å². The lowest BCUT2D eigenvalue weighted by atomic mass is 9.46. The maximum atomic E-state index is 14.0. The number of anilines is 1. The average molecular weight is 477 g/mol. The van der Waals surface area contributed by atoms with Gasteiger partial charge in [0.15, 0.2) is 0 Å². The molecule has 4 aliphatic carbocycles. The number of hydrogen-bond donors (Lipinski definition) is 1. The van der Waals surface area contributed by atoms with E-state index in [0.717, 1.165) is 54.0 Å². The van der Waals surface area contributed by atoms with Crippen LogP contribution in [-0.4, -0.2) is 27.8 Å². The molecule has 1 N–H and O–H groups in total. The van der Waals surface area contributed by atoms with Crippen LogP contribution in [0.5, 0.6) is 5.75 Å². The second-order valence-corrected chi connectivity index (χ2v) is 10.9. The van der Waals surface area contributed by atoms with E-state index in [9.17, 15) is 4.79 Å². The third-order valence-corrected chi connectivity index (χ3v) is 8.58. The molecule has 4 fully saturated rings. The van der Waals surface area contributed by atoms with E-state index in [2.05, 4.69) is 15.4 Å². The molecule has 8 heteroatoms. The van der Waals surface area contributed by atoms with Crippen molar-refractivity contribution in [2.24, 2.45) is 17.3 Å². The van der Waals surface area contributed by atoms with Gasteiger partial charge in [0.1, 0.15) is 23.2 Å². The van der Waals surface area contributed by atoms with Gasteiger partial charge in [-0.3, -0.25) is 4.79 Å². The van der Waals surface area contributed by atoms with Crippen LogP contribution in [0, 0.1) is 17.3 Å². The lowest BCUT2D eigenvalue weighted by Gasteiger charge is -2.60. The van der Waals surface area contributed by atoms with Crippen LogP contribution in [0.2, 0.25) is 5.28 Å². The highest BCUT2D eigenvalue weighted by Crippen LogP contribution is 2.64. The molecule has 34 heavy (non-hydrogen) atoms. The number of amides is 1. The maximum absolute atomic E-state index is 14.0. The molecule has 0 saturated heterocycles. The Morgan fingerprint density at radius 1 is 1.15 bits per heavy atom. The number of furan rings is 1. The Balaban J connectivity index is 1.26. The van der Waals surface area contributed by atoms with Crippen molar-refractivity contribution in [1.82, 2.24) is 14.8 Å². The van der Waals surface area contributed by atoms with E-state index in [0.29, 0.717) is 23.3 Å². The highest BCUT2D eigenvalue weighted by Gasteiger charge is 2.61. The summed E-state index contributed by atoms with van der Waals surface area (Å²) in [5.74, 6) is 1.71. The Morgan fingerprint density at radius 3 is 2.68 bits per heavy atom. The molecule has 4 aromatic rings. The van der Waals surface area contributed by atoms with Crippen molar-refractivity contribution in [2.75, 3.05) is 12.4 Å². The van der Waals surface area contributed by atoms with E-state index >= 15 is 0 Å². The highest BCUT2D eigenvalue weighted by atomic mass is 35.5. The number of hydrogen-bond acceptors (Lipinski definition) is 5. The third-order valence-electron chi connectivity index (χ3n) is 8.41. The second-order valence-electron chi connectivity index (χ2n) is 10.5. The summed E-state index contributed by atoms with van der Waals surface area (Å²) in [6.07, 6.45) is 7.57. The molecule has 0 spiro atoms. The van der Waals surface area contributed by atoms with E-state index in [1.54, 1.807) is 13.4 Å². The van der Waals surface area contributed by atoms with Crippen molar-refractivity contribution in [1.29, 1.82) is 0 Å². The Bertz CT molecular complexity index is 1440. The van der Waals surface area contributed by atoms with Gasteiger partial charge in [-0.25, -0.2) is 9.67 Å². The van der Waals surface area contributed by atoms with Gasteiger partial charge < -0.3 is 14.5 Å². The van der Waals surface area contributed by atoms with Crippen molar-refractivity contribution in [3.05, 3.63) is 48.0 Å². The van der Waals surface area contributed by atoms with Crippen LogP contribution in [-0.2, 0) is 10.3 Å². The minimum atomic E-state index is -0.434. The zero-order valence-corrected chi connectivity index (χ0v) is 19.6. The van der Waals surface area contributed by atoms with E-state index in [4.69, 9.17) is 20.8 Å². The molecule has 4 aliphatic rings. The Labute approximate surface area is 201 Å². The molecule has 2 atom stereocenters. The topological polar surface area (TPSA) is 82.2 Å². The van der Waals surface area contributed by atoms with E-state index in [1.165, 1.54) is 6.42 Å². The maximum Gasteiger partial charge on any atom is 0.242 e. The minimum Gasteiger partial charge on any atom is -0.495 e. The van der Waals surface area contributed by atoms with Gasteiger partial charge in [0.25, 0.3) is 0 Å². The molecule has 0 radical (unpaired) electrons. The van der Waals surface area contributed by atoms with Gasteiger partial charge in [-0.15, -0.1) is 5.10 Å². The van der Waals surface area contributed by atoms with Crippen LogP contribution < -0.4 is 10.1 Å². The first-order valence-corrected chi connectivity index (χ1v) is 12.2. The van der Waals surface area contributed by atoms with Crippen LogP contribution >= 0.6 is 11.6 Å². The minimum absolute atomic E-state index is 0.0611. The first-order chi connectivity index (χ1) is 16.5. The summed E-state index contributed by atoms with van der Waals surface area (Å²) < 4.78 is 13.7. The molecule has 8 rings (SSSR count). The Hall–Kier alpha value is -3.06. The number of methoxy groups -OCH3 is 1. The number of halogens is 1. The summed E-state index contributed by atoms with van der Waals surface area (Å²) >= 11 is 6.07. The molecular formula is C26H25ClN4O3. The van der Waals surface area contributed by atoms with Gasteiger partial charge >= 0.3 is 0 Å². The molecule has 1 amide bonds. The number of fused-ring (bicyclic) bond motifs is 3. The summed E-state index contributed by atoms with van der Waals surface area (Å²) in [5.41, 5.74) is 1.58. The number of nitrogens with zero attached hydrogens (tertiary/aromatic N) is 3. The predicted octanol–water partition coefficient (Wildman–Crippen LogP) is 5.77. The number of carbonyl (C=O) groups excluding carboxylic acids is 1. The largest absolute Gasteiger partial charge is 0.495 e. The van der Waals surface area contributed by atoms with Gasteiger partial charge in [0.05, 0.1) is 23.8 Å². The molecule has 4 saturated carbocycles. The van der Waals surface area contributed by atoms with E-state index in [1.807, 2.05) is 41.1 Å². The number of carbonyl (C=O) groups is 1. The molecule has 174 valence electrons. The third kappa shape index (κ3) is 2.86. The van der Waals surface area contributed by atoms with Crippen molar-refractivity contribution >= 4 is 45.1 Å². The van der Waals surface area contributed by atoms with E-state index in [-0.39, 0.29) is 16.7 Å². The highest BCUT2D eigenvalue weighted by molar-refractivity contribution is 6.28. The summed E-state index contributed by atoms with van der Waals surface area (Å²) in [6.45, 7) is 0. The number of rotatable bonds is 4. The van der Waals surface area contributed by atoms with Crippen LogP contribution in [0.4, 0.5) is 5.69 Å². The zero-order valence-electron chi connectivity index (χ0n) is 18.9. The Kier molecular flexibility index (Phi) is 4.17. The first kappa shape index (κ1) is 20.3. The number of aromatic nitrogens is 3. The van der Waals surface area contributed by atoms with Crippen LogP contribution in [0.3, 0.4) is 0 Å². The van der Waals surface area contributed by atoms with Gasteiger partial charge in [0, 0.05) is 16.8 Å². The summed E-state index contributed by atoms with van der Waals surface area (Å²) in [6, 6.07) is 11.8. The van der Waals surface area contributed by atoms with Crippen LogP contribution in [0.25, 0.3) is 21.9 Å².